The van der Waals surface area contributed by atoms with Crippen LogP contribution in [0.2, 0.25) is 0 Å². The van der Waals surface area contributed by atoms with Crippen molar-refractivity contribution in [2.45, 2.75) is 6.92 Å². The third-order valence-corrected chi connectivity index (χ3v) is 1.88. The van der Waals surface area contributed by atoms with E-state index >= 15 is 0 Å². The van der Waals surface area contributed by atoms with Gasteiger partial charge in [0.2, 0.25) is 0 Å². The molecule has 12 heavy (non-hydrogen) atoms. The Morgan fingerprint density at radius 3 is 3.00 bits per heavy atom. The van der Waals surface area contributed by atoms with Crippen molar-refractivity contribution in [3.8, 4) is 0 Å². The minimum atomic E-state index is 0.801. The minimum absolute atomic E-state index is 0.801. The molecule has 0 aliphatic carbocycles. The molecule has 0 saturated carbocycles. The number of nitrogens with one attached hydrogen (secondary N) is 1. The highest BCUT2D eigenvalue weighted by molar-refractivity contribution is 5.95. The average Bonchev–Trinajstić information content (AvgIpc) is 2.50. The molecule has 0 fully saturated rings. The highest BCUT2D eigenvalue weighted by atomic mass is 16.3. The van der Waals surface area contributed by atoms with Crippen LogP contribution < -0.4 is 0 Å². The summed E-state index contributed by atoms with van der Waals surface area (Å²) in [4.78, 5) is 0. The molecule has 0 bridgehead atoms. The Kier molecular flexibility index (Phi) is 1.47. The number of hydrogen-bond donors (Lipinski definition) is 1. The van der Waals surface area contributed by atoms with Gasteiger partial charge in [0.1, 0.15) is 5.58 Å². The van der Waals surface area contributed by atoms with Crippen LogP contribution in [0.1, 0.15) is 11.1 Å². The highest BCUT2D eigenvalue weighted by Crippen LogP contribution is 2.20. The molecule has 2 nitrogen and oxygen atoms in total. The zero-order valence-corrected chi connectivity index (χ0v) is 6.79. The third-order valence-electron chi connectivity index (χ3n) is 1.88. The molecule has 0 amide bonds. The maximum absolute atomic E-state index is 7.18. The van der Waals surface area contributed by atoms with Gasteiger partial charge in [0.25, 0.3) is 0 Å². The van der Waals surface area contributed by atoms with E-state index < -0.39 is 0 Å². The largest absolute Gasteiger partial charge is 0.464 e. The van der Waals surface area contributed by atoms with Gasteiger partial charge in [0.15, 0.2) is 0 Å². The summed E-state index contributed by atoms with van der Waals surface area (Å²) >= 11 is 0. The molecule has 0 saturated heterocycles. The molecule has 0 spiro atoms. The molecule has 1 aromatic heterocycles. The molecular weight excluding hydrogens is 150 g/mol. The van der Waals surface area contributed by atoms with Crippen molar-refractivity contribution in [1.82, 2.24) is 0 Å². The predicted octanol–water partition coefficient (Wildman–Crippen LogP) is 2.74. The van der Waals surface area contributed by atoms with E-state index in [9.17, 15) is 0 Å². The zero-order valence-electron chi connectivity index (χ0n) is 6.79. The van der Waals surface area contributed by atoms with Gasteiger partial charge in [0.05, 0.1) is 6.26 Å². The van der Waals surface area contributed by atoms with E-state index in [1.54, 1.807) is 6.26 Å². The average molecular weight is 159 g/mol. The number of fused-ring (bicyclic) bond motifs is 1. The van der Waals surface area contributed by atoms with Crippen molar-refractivity contribution >= 4 is 17.2 Å². The zero-order chi connectivity index (χ0) is 8.55. The summed E-state index contributed by atoms with van der Waals surface area (Å²) in [5.74, 6) is 0. The van der Waals surface area contributed by atoms with E-state index in [0.717, 1.165) is 22.1 Å². The molecule has 1 heterocycles. The molecule has 0 aliphatic heterocycles. The monoisotopic (exact) mass is 159 g/mol. The first-order chi connectivity index (χ1) is 5.81. The lowest BCUT2D eigenvalue weighted by atomic mass is 10.1. The molecule has 1 N–H and O–H groups in total. The second kappa shape index (κ2) is 2.48. The first kappa shape index (κ1) is 7.10. The van der Waals surface area contributed by atoms with Gasteiger partial charge in [-0.1, -0.05) is 0 Å². The first-order valence-corrected chi connectivity index (χ1v) is 3.79. The number of furan rings is 1. The summed E-state index contributed by atoms with van der Waals surface area (Å²) in [7, 11) is 0. The summed E-state index contributed by atoms with van der Waals surface area (Å²) in [6, 6.07) is 5.90. The van der Waals surface area contributed by atoms with Crippen LogP contribution in [0, 0.1) is 12.3 Å². The van der Waals surface area contributed by atoms with Crippen molar-refractivity contribution < 1.29 is 4.42 Å². The van der Waals surface area contributed by atoms with Gasteiger partial charge in [-0.05, 0) is 30.7 Å². The number of benzene rings is 1. The van der Waals surface area contributed by atoms with E-state index in [4.69, 9.17) is 9.83 Å². The molecule has 0 aliphatic rings. The summed E-state index contributed by atoms with van der Waals surface area (Å²) in [6.45, 7) is 2.01. The fourth-order valence-electron chi connectivity index (χ4n) is 1.37. The molecule has 1 aromatic carbocycles. The summed E-state index contributed by atoms with van der Waals surface area (Å²) in [5, 5.41) is 8.24. The fraction of sp³-hybridized carbons (Fsp3) is 0.100. The second-order valence-corrected chi connectivity index (χ2v) is 2.84. The SMILES string of the molecule is Cc1cc(C=N)c2occc2c1. The van der Waals surface area contributed by atoms with Crippen LogP contribution in [-0.4, -0.2) is 6.21 Å². The fourth-order valence-corrected chi connectivity index (χ4v) is 1.37. The maximum atomic E-state index is 7.18. The molecule has 2 aromatic rings. The van der Waals surface area contributed by atoms with Crippen LogP contribution in [0.5, 0.6) is 0 Å². The quantitative estimate of drug-likeness (QED) is 0.638. The Bertz CT molecular complexity index is 428. The Morgan fingerprint density at radius 2 is 2.25 bits per heavy atom. The number of rotatable bonds is 1. The lowest BCUT2D eigenvalue weighted by Gasteiger charge is -1.96. The summed E-state index contributed by atoms with van der Waals surface area (Å²) in [5.41, 5.74) is 2.80. The smallest absolute Gasteiger partial charge is 0.142 e. The Morgan fingerprint density at radius 1 is 1.42 bits per heavy atom. The van der Waals surface area contributed by atoms with Gasteiger partial charge in [-0.2, -0.15) is 0 Å². The van der Waals surface area contributed by atoms with Gasteiger partial charge in [-0.3, -0.25) is 0 Å². The highest BCUT2D eigenvalue weighted by Gasteiger charge is 2.02. The van der Waals surface area contributed by atoms with E-state index in [-0.39, 0.29) is 0 Å². The molecular formula is C10H9NO. The molecule has 0 unspecified atom stereocenters. The summed E-state index contributed by atoms with van der Waals surface area (Å²) < 4.78 is 5.24. The van der Waals surface area contributed by atoms with Crippen LogP contribution in [-0.2, 0) is 0 Å². The van der Waals surface area contributed by atoms with Gasteiger partial charge >= 0.3 is 0 Å². The van der Waals surface area contributed by atoms with Crippen molar-refractivity contribution in [2.75, 3.05) is 0 Å². The Hall–Kier alpha value is -1.57. The van der Waals surface area contributed by atoms with Crippen LogP contribution in [0.25, 0.3) is 11.0 Å². The lowest BCUT2D eigenvalue weighted by Crippen LogP contribution is -1.82. The summed E-state index contributed by atoms with van der Waals surface area (Å²) in [6.07, 6.45) is 2.97. The third kappa shape index (κ3) is 0.925. The Labute approximate surface area is 70.3 Å². The maximum Gasteiger partial charge on any atom is 0.142 e. The topological polar surface area (TPSA) is 37.0 Å². The first-order valence-electron chi connectivity index (χ1n) is 3.79. The van der Waals surface area contributed by atoms with Crippen molar-refractivity contribution in [3.05, 3.63) is 35.6 Å². The number of hydrogen-bond acceptors (Lipinski definition) is 2. The second-order valence-electron chi connectivity index (χ2n) is 2.84. The van der Waals surface area contributed by atoms with Gasteiger partial charge in [-0.25, -0.2) is 0 Å². The molecule has 2 rings (SSSR count). The van der Waals surface area contributed by atoms with Crippen molar-refractivity contribution in [1.29, 1.82) is 5.41 Å². The van der Waals surface area contributed by atoms with Gasteiger partial charge in [-0.15, -0.1) is 0 Å². The van der Waals surface area contributed by atoms with Crippen molar-refractivity contribution in [3.63, 3.8) is 0 Å². The van der Waals surface area contributed by atoms with Gasteiger partial charge < -0.3 is 9.83 Å². The molecule has 0 radical (unpaired) electrons. The van der Waals surface area contributed by atoms with Crippen LogP contribution in [0.4, 0.5) is 0 Å². The van der Waals surface area contributed by atoms with E-state index in [2.05, 4.69) is 0 Å². The lowest BCUT2D eigenvalue weighted by molar-refractivity contribution is 0.615. The van der Waals surface area contributed by atoms with E-state index in [1.165, 1.54) is 6.21 Å². The predicted molar refractivity (Wildman–Crippen MR) is 48.8 cm³/mol. The van der Waals surface area contributed by atoms with Crippen LogP contribution >= 0.6 is 0 Å². The van der Waals surface area contributed by atoms with Crippen LogP contribution in [0.3, 0.4) is 0 Å². The van der Waals surface area contributed by atoms with Crippen LogP contribution in [0.15, 0.2) is 28.9 Å². The van der Waals surface area contributed by atoms with E-state index in [1.807, 2.05) is 25.1 Å². The number of aryl methyl sites for hydroxylation is 1. The molecule has 2 heteroatoms. The molecule has 0 atom stereocenters. The van der Waals surface area contributed by atoms with Gasteiger partial charge in [0, 0.05) is 17.2 Å². The molecule has 60 valence electrons. The van der Waals surface area contributed by atoms with E-state index in [0.29, 0.717) is 0 Å². The Balaban J connectivity index is 2.88. The standard InChI is InChI=1S/C10H9NO/c1-7-4-8-2-3-12-10(8)9(5-7)6-11/h2-6,11H,1H3. The minimum Gasteiger partial charge on any atom is -0.464 e. The van der Waals surface area contributed by atoms with Crippen molar-refractivity contribution in [2.24, 2.45) is 0 Å². The normalized spacial score (nSPS) is 10.4.